The van der Waals surface area contributed by atoms with Crippen molar-refractivity contribution in [2.45, 2.75) is 0 Å². The number of hydrogen-bond acceptors (Lipinski definition) is 4. The van der Waals surface area contributed by atoms with Crippen molar-refractivity contribution in [2.24, 2.45) is 0 Å². The molecule has 0 aliphatic heterocycles. The Morgan fingerprint density at radius 3 is 2.61 bits per heavy atom. The van der Waals surface area contributed by atoms with E-state index in [2.05, 4.69) is 33.4 Å². The Hall–Kier alpha value is -2.20. The molecule has 2 aromatic rings. The first kappa shape index (κ1) is 12.3. The molecule has 0 saturated heterocycles. The Balaban J connectivity index is 2.33. The predicted octanol–water partition coefficient (Wildman–Crippen LogP) is 3.47. The molecule has 4 nitrogen and oxygen atoms in total. The third kappa shape index (κ3) is 2.73. The summed E-state index contributed by atoms with van der Waals surface area (Å²) < 4.78 is 0. The van der Waals surface area contributed by atoms with Gasteiger partial charge in [-0.3, -0.25) is 0 Å². The highest BCUT2D eigenvalue weighted by Gasteiger charge is 2.06. The van der Waals surface area contributed by atoms with Crippen molar-refractivity contribution in [3.63, 3.8) is 0 Å². The van der Waals surface area contributed by atoms with E-state index in [0.717, 1.165) is 5.56 Å². The summed E-state index contributed by atoms with van der Waals surface area (Å²) in [4.78, 5) is 12.5. The SMILES string of the molecule is C=Cc1ccc(Nc2ncccn2)nc1C(=C)Cl. The van der Waals surface area contributed by atoms with E-state index in [9.17, 15) is 0 Å². The first-order valence-electron chi connectivity index (χ1n) is 5.23. The second-order valence-electron chi connectivity index (χ2n) is 3.44. The lowest BCUT2D eigenvalue weighted by Crippen LogP contribution is -2.00. The molecule has 2 aromatic heterocycles. The Morgan fingerprint density at radius 2 is 2.00 bits per heavy atom. The molecule has 2 rings (SSSR count). The van der Waals surface area contributed by atoms with Gasteiger partial charge in [0.25, 0.3) is 0 Å². The smallest absolute Gasteiger partial charge is 0.228 e. The predicted molar refractivity (Wildman–Crippen MR) is 74.5 cm³/mol. The second kappa shape index (κ2) is 5.42. The molecule has 0 bridgehead atoms. The van der Waals surface area contributed by atoms with Crippen molar-refractivity contribution >= 4 is 34.5 Å². The summed E-state index contributed by atoms with van der Waals surface area (Å²) in [7, 11) is 0. The van der Waals surface area contributed by atoms with Crippen LogP contribution in [0, 0.1) is 0 Å². The normalized spacial score (nSPS) is 9.83. The maximum Gasteiger partial charge on any atom is 0.228 e. The maximum absolute atomic E-state index is 5.90. The van der Waals surface area contributed by atoms with Crippen LogP contribution in [-0.4, -0.2) is 15.0 Å². The van der Waals surface area contributed by atoms with E-state index >= 15 is 0 Å². The highest BCUT2D eigenvalue weighted by Crippen LogP contribution is 2.22. The fourth-order valence-corrected chi connectivity index (χ4v) is 1.55. The number of halogens is 1. The van der Waals surface area contributed by atoms with Crippen LogP contribution in [-0.2, 0) is 0 Å². The van der Waals surface area contributed by atoms with Gasteiger partial charge in [0.2, 0.25) is 5.95 Å². The van der Waals surface area contributed by atoms with E-state index in [1.807, 2.05) is 6.07 Å². The van der Waals surface area contributed by atoms with Crippen LogP contribution in [0.25, 0.3) is 11.1 Å². The Bertz CT molecular complexity index is 581. The molecular formula is C13H11ClN4. The van der Waals surface area contributed by atoms with Crippen molar-refractivity contribution in [3.05, 3.63) is 55.0 Å². The second-order valence-corrected chi connectivity index (χ2v) is 3.90. The maximum atomic E-state index is 5.90. The zero-order valence-electron chi connectivity index (χ0n) is 9.60. The molecular weight excluding hydrogens is 248 g/mol. The molecule has 0 aromatic carbocycles. The van der Waals surface area contributed by atoms with Gasteiger partial charge in [-0.05, 0) is 18.2 Å². The summed E-state index contributed by atoms with van der Waals surface area (Å²) in [5, 5.41) is 3.35. The molecule has 5 heteroatoms. The van der Waals surface area contributed by atoms with E-state index in [0.29, 0.717) is 22.5 Å². The fourth-order valence-electron chi connectivity index (χ4n) is 1.40. The molecule has 0 aliphatic carbocycles. The van der Waals surface area contributed by atoms with Gasteiger partial charge in [0, 0.05) is 18.0 Å². The van der Waals surface area contributed by atoms with Gasteiger partial charge in [0.05, 0.1) is 10.7 Å². The first-order valence-corrected chi connectivity index (χ1v) is 5.61. The van der Waals surface area contributed by atoms with Crippen LogP contribution in [0.4, 0.5) is 11.8 Å². The minimum absolute atomic E-state index is 0.363. The van der Waals surface area contributed by atoms with Gasteiger partial charge in [0.1, 0.15) is 5.82 Å². The first-order chi connectivity index (χ1) is 8.70. The molecule has 0 unspecified atom stereocenters. The van der Waals surface area contributed by atoms with E-state index in [4.69, 9.17) is 11.6 Å². The van der Waals surface area contributed by atoms with Crippen LogP contribution >= 0.6 is 11.6 Å². The van der Waals surface area contributed by atoms with Gasteiger partial charge in [-0.1, -0.05) is 30.8 Å². The minimum atomic E-state index is 0.363. The van der Waals surface area contributed by atoms with Gasteiger partial charge in [-0.2, -0.15) is 0 Å². The monoisotopic (exact) mass is 258 g/mol. The number of pyridine rings is 1. The molecule has 18 heavy (non-hydrogen) atoms. The number of rotatable bonds is 4. The zero-order chi connectivity index (χ0) is 13.0. The number of anilines is 2. The van der Waals surface area contributed by atoms with Gasteiger partial charge >= 0.3 is 0 Å². The zero-order valence-corrected chi connectivity index (χ0v) is 10.4. The highest BCUT2D eigenvalue weighted by molar-refractivity contribution is 6.48. The van der Waals surface area contributed by atoms with E-state index in [1.165, 1.54) is 0 Å². The fraction of sp³-hybridized carbons (Fsp3) is 0. The molecule has 2 heterocycles. The molecule has 90 valence electrons. The molecule has 0 amide bonds. The van der Waals surface area contributed by atoms with Gasteiger partial charge in [-0.15, -0.1) is 0 Å². The summed E-state index contributed by atoms with van der Waals surface area (Å²) in [6.07, 6.45) is 4.97. The van der Waals surface area contributed by atoms with Crippen molar-refractivity contribution in [1.29, 1.82) is 0 Å². The van der Waals surface area contributed by atoms with Crippen molar-refractivity contribution < 1.29 is 0 Å². The Kier molecular flexibility index (Phi) is 3.69. The standard InChI is InChI=1S/C13H11ClN4/c1-3-10-5-6-11(17-12(10)9(2)14)18-13-15-7-4-8-16-13/h3-8H,1-2H2,(H,15,16,17,18). The quantitative estimate of drug-likeness (QED) is 0.912. The van der Waals surface area contributed by atoms with Crippen LogP contribution in [0.5, 0.6) is 0 Å². The van der Waals surface area contributed by atoms with Crippen LogP contribution in [0.2, 0.25) is 0 Å². The molecule has 0 saturated carbocycles. The third-order valence-corrected chi connectivity index (χ3v) is 2.39. The van der Waals surface area contributed by atoms with Gasteiger partial charge in [-0.25, -0.2) is 15.0 Å². The summed E-state index contributed by atoms with van der Waals surface area (Å²) >= 11 is 5.90. The molecule has 0 atom stereocenters. The summed E-state index contributed by atoms with van der Waals surface area (Å²) in [6.45, 7) is 7.38. The highest BCUT2D eigenvalue weighted by atomic mass is 35.5. The average Bonchev–Trinajstić information content (AvgIpc) is 2.40. The third-order valence-electron chi connectivity index (χ3n) is 2.21. The van der Waals surface area contributed by atoms with E-state index in [-0.39, 0.29) is 0 Å². The van der Waals surface area contributed by atoms with Crippen molar-refractivity contribution in [1.82, 2.24) is 15.0 Å². The van der Waals surface area contributed by atoms with Crippen LogP contribution in [0.3, 0.4) is 0 Å². The van der Waals surface area contributed by atoms with Gasteiger partial charge in [0.15, 0.2) is 0 Å². The van der Waals surface area contributed by atoms with Gasteiger partial charge < -0.3 is 5.32 Å². The topological polar surface area (TPSA) is 50.7 Å². The molecule has 0 fully saturated rings. The lowest BCUT2D eigenvalue weighted by Gasteiger charge is -2.07. The Labute approximate surface area is 110 Å². The van der Waals surface area contributed by atoms with Crippen LogP contribution < -0.4 is 5.32 Å². The summed E-state index contributed by atoms with van der Waals surface area (Å²) in [5.74, 6) is 1.08. The number of nitrogens with zero attached hydrogens (tertiary/aromatic N) is 3. The molecule has 0 radical (unpaired) electrons. The van der Waals surface area contributed by atoms with E-state index < -0.39 is 0 Å². The number of hydrogen-bond donors (Lipinski definition) is 1. The number of aromatic nitrogens is 3. The summed E-state index contributed by atoms with van der Waals surface area (Å²) in [5.41, 5.74) is 1.42. The average molecular weight is 259 g/mol. The molecule has 0 spiro atoms. The Morgan fingerprint density at radius 1 is 1.28 bits per heavy atom. The minimum Gasteiger partial charge on any atom is -0.309 e. The van der Waals surface area contributed by atoms with Crippen LogP contribution in [0.15, 0.2) is 43.8 Å². The van der Waals surface area contributed by atoms with Crippen molar-refractivity contribution in [2.75, 3.05) is 5.32 Å². The molecule has 0 aliphatic rings. The lowest BCUT2D eigenvalue weighted by molar-refractivity contribution is 1.14. The number of nitrogens with one attached hydrogen (secondary N) is 1. The van der Waals surface area contributed by atoms with Crippen molar-refractivity contribution in [3.8, 4) is 0 Å². The summed E-state index contributed by atoms with van der Waals surface area (Å²) in [6, 6.07) is 5.40. The lowest BCUT2D eigenvalue weighted by atomic mass is 10.2. The van der Waals surface area contributed by atoms with Crippen LogP contribution in [0.1, 0.15) is 11.3 Å². The largest absolute Gasteiger partial charge is 0.309 e. The van der Waals surface area contributed by atoms with E-state index in [1.54, 1.807) is 30.6 Å². The molecule has 1 N–H and O–H groups in total.